The fourth-order valence-corrected chi connectivity index (χ4v) is 3.58. The van der Waals surface area contributed by atoms with Crippen molar-refractivity contribution in [3.8, 4) is 11.5 Å². The Morgan fingerprint density at radius 1 is 1.00 bits per heavy atom. The second kappa shape index (κ2) is 10.00. The van der Waals surface area contributed by atoms with E-state index in [4.69, 9.17) is 9.47 Å². The maximum absolute atomic E-state index is 13.0. The van der Waals surface area contributed by atoms with Crippen molar-refractivity contribution in [1.29, 1.82) is 0 Å². The zero-order chi connectivity index (χ0) is 23.3. The molecule has 0 aliphatic rings. The number of para-hydroxylation sites is 1. The van der Waals surface area contributed by atoms with Crippen molar-refractivity contribution in [2.24, 2.45) is 0 Å². The van der Waals surface area contributed by atoms with E-state index in [1.165, 1.54) is 14.2 Å². The van der Waals surface area contributed by atoms with Crippen molar-refractivity contribution in [2.75, 3.05) is 32.6 Å². The summed E-state index contributed by atoms with van der Waals surface area (Å²) < 4.78 is 12.2. The van der Waals surface area contributed by atoms with Gasteiger partial charge in [0, 0.05) is 36.3 Å². The highest BCUT2D eigenvalue weighted by Gasteiger charge is 2.24. The minimum atomic E-state index is -0.800. The predicted octanol–water partition coefficient (Wildman–Crippen LogP) is 3.35. The molecule has 0 radical (unpaired) electrons. The number of hydrogen-bond donors (Lipinski definition) is 1. The average molecular weight is 437 g/mol. The molecule has 0 saturated carbocycles. The number of benzene rings is 2. The fraction of sp³-hybridized carbons (Fsp3) is 0.292. The monoisotopic (exact) mass is 437 g/mol. The standard InChI is InChI=1S/C24H27N3O5/c1-5-26(6-2)22(28)15-27-14-18(17-9-7-8-10-20(17)27)23(29)24(30)25-19-12-11-16(31-3)13-21(19)32-4/h7-14H,5-6,15H2,1-4H3,(H,25,30). The van der Waals surface area contributed by atoms with Crippen molar-refractivity contribution >= 4 is 34.2 Å². The molecule has 0 bridgehead atoms. The Bertz CT molecular complexity index is 1150. The Labute approximate surface area is 186 Å². The van der Waals surface area contributed by atoms with Crippen molar-refractivity contribution in [1.82, 2.24) is 9.47 Å². The smallest absolute Gasteiger partial charge is 0.296 e. The molecule has 168 valence electrons. The Morgan fingerprint density at radius 3 is 2.38 bits per heavy atom. The molecule has 0 saturated heterocycles. The molecular formula is C24H27N3O5. The molecule has 1 heterocycles. The number of hydrogen-bond acceptors (Lipinski definition) is 5. The van der Waals surface area contributed by atoms with Gasteiger partial charge in [-0.2, -0.15) is 0 Å². The molecule has 8 heteroatoms. The van der Waals surface area contributed by atoms with Crippen molar-refractivity contribution in [2.45, 2.75) is 20.4 Å². The third kappa shape index (κ3) is 4.59. The Kier molecular flexibility index (Phi) is 7.14. The van der Waals surface area contributed by atoms with Gasteiger partial charge in [-0.15, -0.1) is 0 Å². The van der Waals surface area contributed by atoms with Crippen molar-refractivity contribution in [3.05, 3.63) is 54.2 Å². The first-order chi connectivity index (χ1) is 15.4. The van der Waals surface area contributed by atoms with Crippen LogP contribution in [0.15, 0.2) is 48.7 Å². The molecule has 3 rings (SSSR count). The molecule has 0 aliphatic carbocycles. The number of likely N-dealkylation sites (N-methyl/N-ethyl adjacent to an activating group) is 1. The van der Waals surface area contributed by atoms with Gasteiger partial charge in [-0.05, 0) is 32.0 Å². The van der Waals surface area contributed by atoms with Crippen LogP contribution in [0.1, 0.15) is 24.2 Å². The molecular weight excluding hydrogens is 410 g/mol. The SMILES string of the molecule is CCN(CC)C(=O)Cn1cc(C(=O)C(=O)Nc2ccc(OC)cc2OC)c2ccccc21. The van der Waals surface area contributed by atoms with E-state index in [9.17, 15) is 14.4 Å². The molecule has 0 aliphatic heterocycles. The number of nitrogens with one attached hydrogen (secondary N) is 1. The van der Waals surface area contributed by atoms with E-state index in [0.29, 0.717) is 41.2 Å². The molecule has 0 unspecified atom stereocenters. The lowest BCUT2D eigenvalue weighted by molar-refractivity contribution is -0.131. The number of carbonyl (C=O) groups excluding carboxylic acids is 3. The van der Waals surface area contributed by atoms with Gasteiger partial charge >= 0.3 is 0 Å². The van der Waals surface area contributed by atoms with Crippen LogP contribution in [0.5, 0.6) is 11.5 Å². The largest absolute Gasteiger partial charge is 0.497 e. The second-order valence-electron chi connectivity index (χ2n) is 7.10. The topological polar surface area (TPSA) is 89.9 Å². The maximum atomic E-state index is 13.0. The highest BCUT2D eigenvalue weighted by molar-refractivity contribution is 6.48. The number of ether oxygens (including phenoxy) is 2. The van der Waals surface area contributed by atoms with Crippen LogP contribution in [0.4, 0.5) is 5.69 Å². The van der Waals surface area contributed by atoms with Crippen LogP contribution in [0.3, 0.4) is 0 Å². The van der Waals surface area contributed by atoms with Crippen LogP contribution >= 0.6 is 0 Å². The van der Waals surface area contributed by atoms with E-state index in [1.807, 2.05) is 26.0 Å². The number of nitrogens with zero attached hydrogens (tertiary/aromatic N) is 2. The number of anilines is 1. The average Bonchev–Trinajstić information content (AvgIpc) is 3.17. The van der Waals surface area contributed by atoms with Gasteiger partial charge in [0.15, 0.2) is 0 Å². The van der Waals surface area contributed by atoms with Crippen LogP contribution in [0, 0.1) is 0 Å². The molecule has 2 amide bonds. The molecule has 3 aromatic rings. The summed E-state index contributed by atoms with van der Waals surface area (Å²) in [5, 5.41) is 3.22. The van der Waals surface area contributed by atoms with Crippen LogP contribution in [-0.4, -0.2) is 54.4 Å². The molecule has 1 aromatic heterocycles. The van der Waals surface area contributed by atoms with Gasteiger partial charge in [0.1, 0.15) is 18.0 Å². The Balaban J connectivity index is 1.90. The first-order valence-corrected chi connectivity index (χ1v) is 10.4. The molecule has 32 heavy (non-hydrogen) atoms. The van der Waals surface area contributed by atoms with E-state index in [2.05, 4.69) is 5.32 Å². The van der Waals surface area contributed by atoms with Crippen LogP contribution in [0.25, 0.3) is 10.9 Å². The number of rotatable bonds is 9. The number of aromatic nitrogens is 1. The number of Topliss-reactive ketones (excluding diaryl/α,β-unsaturated/α-hetero) is 1. The third-order valence-electron chi connectivity index (χ3n) is 5.32. The zero-order valence-corrected chi connectivity index (χ0v) is 18.7. The molecule has 1 N–H and O–H groups in total. The second-order valence-corrected chi connectivity index (χ2v) is 7.10. The molecule has 0 spiro atoms. The van der Waals surface area contributed by atoms with E-state index < -0.39 is 11.7 Å². The number of methoxy groups -OCH3 is 2. The predicted molar refractivity (Wildman–Crippen MR) is 122 cm³/mol. The first-order valence-electron chi connectivity index (χ1n) is 10.4. The van der Waals surface area contributed by atoms with Gasteiger partial charge in [0.25, 0.3) is 11.7 Å². The summed E-state index contributed by atoms with van der Waals surface area (Å²) in [7, 11) is 2.99. The lowest BCUT2D eigenvalue weighted by Crippen LogP contribution is -2.33. The number of amides is 2. The highest BCUT2D eigenvalue weighted by Crippen LogP contribution is 2.29. The number of carbonyl (C=O) groups is 3. The van der Waals surface area contributed by atoms with Gasteiger partial charge in [-0.3, -0.25) is 14.4 Å². The molecule has 2 aromatic carbocycles. The first kappa shape index (κ1) is 22.9. The number of ketones is 1. The lowest BCUT2D eigenvalue weighted by Gasteiger charge is -2.19. The summed E-state index contributed by atoms with van der Waals surface area (Å²) in [6.07, 6.45) is 1.57. The highest BCUT2D eigenvalue weighted by atomic mass is 16.5. The zero-order valence-electron chi connectivity index (χ0n) is 18.7. The lowest BCUT2D eigenvalue weighted by atomic mass is 10.1. The summed E-state index contributed by atoms with van der Waals surface area (Å²) >= 11 is 0. The Morgan fingerprint density at radius 2 is 1.72 bits per heavy atom. The van der Waals surface area contributed by atoms with Crippen LogP contribution < -0.4 is 14.8 Å². The van der Waals surface area contributed by atoms with E-state index in [1.54, 1.807) is 46.0 Å². The van der Waals surface area contributed by atoms with Crippen LogP contribution in [-0.2, 0) is 16.1 Å². The minimum Gasteiger partial charge on any atom is -0.497 e. The summed E-state index contributed by atoms with van der Waals surface area (Å²) in [5.41, 5.74) is 1.30. The van der Waals surface area contributed by atoms with Crippen molar-refractivity contribution in [3.63, 3.8) is 0 Å². The van der Waals surface area contributed by atoms with E-state index in [0.717, 1.165) is 0 Å². The van der Waals surface area contributed by atoms with Gasteiger partial charge in [0.05, 0.1) is 25.5 Å². The van der Waals surface area contributed by atoms with E-state index in [-0.39, 0.29) is 18.0 Å². The third-order valence-corrected chi connectivity index (χ3v) is 5.32. The van der Waals surface area contributed by atoms with Crippen LogP contribution in [0.2, 0.25) is 0 Å². The normalized spacial score (nSPS) is 10.6. The molecule has 0 atom stereocenters. The fourth-order valence-electron chi connectivity index (χ4n) is 3.58. The summed E-state index contributed by atoms with van der Waals surface area (Å²) in [5.74, 6) is -0.619. The van der Waals surface area contributed by atoms with Gasteiger partial charge in [-0.25, -0.2) is 0 Å². The summed E-state index contributed by atoms with van der Waals surface area (Å²) in [6, 6.07) is 12.1. The summed E-state index contributed by atoms with van der Waals surface area (Å²) in [6.45, 7) is 5.13. The van der Waals surface area contributed by atoms with Gasteiger partial charge in [0.2, 0.25) is 5.91 Å². The Hall–Kier alpha value is -3.81. The van der Waals surface area contributed by atoms with E-state index >= 15 is 0 Å². The molecule has 8 nitrogen and oxygen atoms in total. The quantitative estimate of drug-likeness (QED) is 0.410. The van der Waals surface area contributed by atoms with Gasteiger partial charge < -0.3 is 24.3 Å². The summed E-state index contributed by atoms with van der Waals surface area (Å²) in [4.78, 5) is 40.2. The number of fused-ring (bicyclic) bond motifs is 1. The maximum Gasteiger partial charge on any atom is 0.296 e. The van der Waals surface area contributed by atoms with Crippen molar-refractivity contribution < 1.29 is 23.9 Å². The van der Waals surface area contributed by atoms with Gasteiger partial charge in [-0.1, -0.05) is 18.2 Å². The minimum absolute atomic E-state index is 0.0535. The molecule has 0 fully saturated rings.